The number of carbonyl (C=O) groups excluding carboxylic acids is 1. The van der Waals surface area contributed by atoms with Crippen molar-refractivity contribution in [1.82, 2.24) is 4.98 Å². The van der Waals surface area contributed by atoms with Gasteiger partial charge in [0.05, 0.1) is 0 Å². The van der Waals surface area contributed by atoms with Crippen LogP contribution in [0, 0.1) is 4.91 Å². The molecule has 0 spiro atoms. The first-order chi connectivity index (χ1) is 10.7. The highest BCUT2D eigenvalue weighted by Gasteiger charge is 2.22. The highest BCUT2D eigenvalue weighted by molar-refractivity contribution is 7.99. The molecule has 1 aromatic heterocycles. The van der Waals surface area contributed by atoms with Crippen LogP contribution in [0.2, 0.25) is 5.02 Å². The van der Waals surface area contributed by atoms with Gasteiger partial charge in [-0.15, -0.1) is 4.91 Å². The van der Waals surface area contributed by atoms with E-state index in [1.165, 1.54) is 0 Å². The first-order valence-electron chi connectivity index (χ1n) is 7.01. The lowest BCUT2D eigenvalue weighted by atomic mass is 9.91. The monoisotopic (exact) mass is 332 g/mol. The second-order valence-electron chi connectivity index (χ2n) is 5.09. The summed E-state index contributed by atoms with van der Waals surface area (Å²) in [6.07, 6.45) is 5.39. The molecule has 0 aliphatic heterocycles. The summed E-state index contributed by atoms with van der Waals surface area (Å²) in [4.78, 5) is 28.4. The van der Waals surface area contributed by atoms with Crippen molar-refractivity contribution in [2.24, 2.45) is 5.18 Å². The lowest BCUT2D eigenvalue weighted by molar-refractivity contribution is 0.0994. The molecule has 0 atom stereocenters. The van der Waals surface area contributed by atoms with Crippen molar-refractivity contribution in [3.63, 3.8) is 0 Å². The molecule has 2 aromatic rings. The van der Waals surface area contributed by atoms with Crippen LogP contribution in [0.3, 0.4) is 0 Å². The summed E-state index contributed by atoms with van der Waals surface area (Å²) in [6, 6.07) is 7.61. The number of fused-ring (bicyclic) bond motifs is 1. The molecule has 3 rings (SSSR count). The number of rotatable bonds is 3. The van der Waals surface area contributed by atoms with E-state index in [0.717, 1.165) is 46.6 Å². The molecule has 0 unspecified atom stereocenters. The topological polar surface area (TPSA) is 59.4 Å². The molecule has 1 amide bonds. The van der Waals surface area contributed by atoms with Gasteiger partial charge in [0.2, 0.25) is 0 Å². The van der Waals surface area contributed by atoms with Crippen LogP contribution < -0.4 is 0 Å². The molecule has 0 saturated carbocycles. The standard InChI is InChI=1S/C16H13ClN2O2S/c17-10-4-3-5-11(8-10)22-14-9-18-15(16(20)19-21)13-7-2-1-6-12(13)14/h3-5,8-9H,1-2,6-7H2. The van der Waals surface area contributed by atoms with E-state index >= 15 is 0 Å². The minimum absolute atomic E-state index is 0.208. The van der Waals surface area contributed by atoms with E-state index in [-0.39, 0.29) is 5.69 Å². The highest BCUT2D eigenvalue weighted by atomic mass is 35.5. The minimum atomic E-state index is -0.780. The number of nitrogens with zero attached hydrogens (tertiary/aromatic N) is 2. The van der Waals surface area contributed by atoms with Gasteiger partial charge in [-0.3, -0.25) is 4.79 Å². The van der Waals surface area contributed by atoms with Gasteiger partial charge in [-0.25, -0.2) is 4.98 Å². The zero-order valence-corrected chi connectivity index (χ0v) is 13.3. The average molecular weight is 333 g/mol. The van der Waals surface area contributed by atoms with Gasteiger partial charge in [-0.05, 0) is 55.0 Å². The number of pyridine rings is 1. The Morgan fingerprint density at radius 3 is 2.73 bits per heavy atom. The Bertz CT molecular complexity index is 749. The van der Waals surface area contributed by atoms with Gasteiger partial charge in [0.1, 0.15) is 5.69 Å². The van der Waals surface area contributed by atoms with E-state index in [1.807, 2.05) is 24.3 Å². The van der Waals surface area contributed by atoms with Crippen LogP contribution in [0.15, 0.2) is 45.4 Å². The zero-order chi connectivity index (χ0) is 15.5. The molecule has 0 saturated heterocycles. The molecule has 0 bridgehead atoms. The summed E-state index contributed by atoms with van der Waals surface area (Å²) < 4.78 is 0. The third kappa shape index (κ3) is 3.05. The van der Waals surface area contributed by atoms with E-state index in [0.29, 0.717) is 5.02 Å². The Kier molecular flexibility index (Phi) is 4.55. The van der Waals surface area contributed by atoms with E-state index < -0.39 is 5.91 Å². The van der Waals surface area contributed by atoms with E-state index in [9.17, 15) is 9.70 Å². The largest absolute Gasteiger partial charge is 0.335 e. The number of benzene rings is 1. The van der Waals surface area contributed by atoms with E-state index in [4.69, 9.17) is 11.6 Å². The first-order valence-corrected chi connectivity index (χ1v) is 8.20. The van der Waals surface area contributed by atoms with Crippen molar-refractivity contribution in [1.29, 1.82) is 0 Å². The van der Waals surface area contributed by atoms with Crippen molar-refractivity contribution in [3.05, 3.63) is 57.2 Å². The molecule has 0 N–H and O–H groups in total. The molecule has 4 nitrogen and oxygen atoms in total. The molecular weight excluding hydrogens is 320 g/mol. The Hall–Kier alpha value is -1.72. The van der Waals surface area contributed by atoms with Crippen LogP contribution in [0.5, 0.6) is 0 Å². The molecule has 1 aliphatic rings. The van der Waals surface area contributed by atoms with Crippen molar-refractivity contribution in [2.45, 2.75) is 35.5 Å². The SMILES string of the molecule is O=NC(=O)c1ncc(Sc2cccc(Cl)c2)c2c1CCCC2. The van der Waals surface area contributed by atoms with Crippen molar-refractivity contribution in [3.8, 4) is 0 Å². The molecule has 112 valence electrons. The maximum atomic E-state index is 11.6. The van der Waals surface area contributed by atoms with E-state index in [1.54, 1.807) is 18.0 Å². The number of hydrogen-bond acceptors (Lipinski definition) is 4. The third-order valence-electron chi connectivity index (χ3n) is 3.67. The number of carbonyl (C=O) groups is 1. The lowest BCUT2D eigenvalue weighted by Crippen LogP contribution is -2.12. The van der Waals surface area contributed by atoms with Crippen LogP contribution in [0.4, 0.5) is 0 Å². The second kappa shape index (κ2) is 6.58. The lowest BCUT2D eigenvalue weighted by Gasteiger charge is -2.20. The third-order valence-corrected chi connectivity index (χ3v) is 4.97. The Morgan fingerprint density at radius 2 is 2.00 bits per heavy atom. The van der Waals surface area contributed by atoms with Gasteiger partial charge < -0.3 is 0 Å². The van der Waals surface area contributed by atoms with E-state index in [2.05, 4.69) is 10.2 Å². The van der Waals surface area contributed by atoms with Crippen molar-refractivity contribution >= 4 is 29.3 Å². The average Bonchev–Trinajstić information content (AvgIpc) is 2.54. The zero-order valence-electron chi connectivity index (χ0n) is 11.7. The maximum Gasteiger partial charge on any atom is 0.335 e. The van der Waals surface area contributed by atoms with Gasteiger partial charge in [-0.2, -0.15) is 0 Å². The number of halogens is 1. The number of hydrogen-bond donors (Lipinski definition) is 0. The molecular formula is C16H13ClN2O2S. The summed E-state index contributed by atoms with van der Waals surface area (Å²) >= 11 is 7.60. The summed E-state index contributed by atoms with van der Waals surface area (Å²) in [5.74, 6) is -0.780. The fourth-order valence-corrected chi connectivity index (χ4v) is 3.99. The highest BCUT2D eigenvalue weighted by Crippen LogP contribution is 2.36. The fraction of sp³-hybridized carbons (Fsp3) is 0.250. The van der Waals surface area contributed by atoms with Crippen LogP contribution >= 0.6 is 23.4 Å². The molecule has 1 heterocycles. The maximum absolute atomic E-state index is 11.6. The van der Waals surface area contributed by atoms with Gasteiger partial charge in [0.25, 0.3) is 0 Å². The van der Waals surface area contributed by atoms with Crippen LogP contribution in [0.1, 0.15) is 34.5 Å². The first kappa shape index (κ1) is 15.2. The van der Waals surface area contributed by atoms with Gasteiger partial charge in [-0.1, -0.05) is 29.4 Å². The summed E-state index contributed by atoms with van der Waals surface area (Å²) in [7, 11) is 0. The molecule has 22 heavy (non-hydrogen) atoms. The van der Waals surface area contributed by atoms with Crippen LogP contribution in [-0.4, -0.2) is 10.9 Å². The number of amides is 1. The predicted octanol–water partition coefficient (Wildman–Crippen LogP) is 4.67. The fourth-order valence-electron chi connectivity index (χ4n) is 2.69. The Balaban J connectivity index is 2.02. The minimum Gasteiger partial charge on any atom is -0.261 e. The van der Waals surface area contributed by atoms with Gasteiger partial charge in [0.15, 0.2) is 0 Å². The Labute approximate surface area is 137 Å². The quantitative estimate of drug-likeness (QED) is 0.766. The normalized spacial score (nSPS) is 13.5. The van der Waals surface area contributed by atoms with Gasteiger partial charge in [0, 0.05) is 26.2 Å². The van der Waals surface area contributed by atoms with Crippen molar-refractivity contribution < 1.29 is 4.79 Å². The van der Waals surface area contributed by atoms with Gasteiger partial charge >= 0.3 is 5.91 Å². The predicted molar refractivity (Wildman–Crippen MR) is 86.6 cm³/mol. The van der Waals surface area contributed by atoms with Crippen molar-refractivity contribution in [2.75, 3.05) is 0 Å². The molecule has 1 aromatic carbocycles. The number of aromatic nitrogens is 1. The molecule has 0 fully saturated rings. The van der Waals surface area contributed by atoms with Crippen LogP contribution in [-0.2, 0) is 12.8 Å². The molecule has 0 radical (unpaired) electrons. The smallest absolute Gasteiger partial charge is 0.261 e. The van der Waals surface area contributed by atoms with Crippen LogP contribution in [0.25, 0.3) is 0 Å². The summed E-state index contributed by atoms with van der Waals surface area (Å²) in [5.41, 5.74) is 2.20. The summed E-state index contributed by atoms with van der Waals surface area (Å²) in [6.45, 7) is 0. The number of nitroso groups, excluding NO2 is 1. The Morgan fingerprint density at radius 1 is 1.23 bits per heavy atom. The molecule has 6 heteroatoms. The second-order valence-corrected chi connectivity index (χ2v) is 6.64. The summed E-state index contributed by atoms with van der Waals surface area (Å²) in [5, 5.41) is 3.20. The molecule has 1 aliphatic carbocycles.